The molecule has 168 valence electrons. The third-order valence-corrected chi connectivity index (χ3v) is 5.92. The fraction of sp³-hybridized carbons (Fsp3) is 0.192. The van der Waals surface area contributed by atoms with E-state index in [1.54, 1.807) is 24.3 Å². The normalized spacial score (nSPS) is 16.3. The number of aromatic nitrogens is 1. The van der Waals surface area contributed by atoms with Crippen LogP contribution in [-0.4, -0.2) is 40.7 Å². The van der Waals surface area contributed by atoms with Crippen LogP contribution in [0.15, 0.2) is 84.7 Å². The molecular formula is C26H24ClN3O3. The molecule has 7 heteroatoms. The average molecular weight is 462 g/mol. The quantitative estimate of drug-likeness (QED) is 0.525. The van der Waals surface area contributed by atoms with Gasteiger partial charge in [-0.2, -0.15) is 0 Å². The van der Waals surface area contributed by atoms with Gasteiger partial charge in [-0.3, -0.25) is 4.79 Å². The maximum atomic E-state index is 13.4. The van der Waals surface area contributed by atoms with E-state index >= 15 is 0 Å². The Morgan fingerprint density at radius 2 is 1.82 bits per heavy atom. The van der Waals surface area contributed by atoms with Crippen LogP contribution in [0.1, 0.15) is 24.1 Å². The zero-order chi connectivity index (χ0) is 23.4. The predicted octanol–water partition coefficient (Wildman–Crippen LogP) is 4.99. The van der Waals surface area contributed by atoms with Crippen molar-refractivity contribution in [3.63, 3.8) is 0 Å². The third-order valence-electron chi connectivity index (χ3n) is 5.58. The molecule has 2 aromatic carbocycles. The number of rotatable bonds is 6. The summed E-state index contributed by atoms with van der Waals surface area (Å²) < 4.78 is 5.46. The van der Waals surface area contributed by atoms with Gasteiger partial charge in [0.15, 0.2) is 5.78 Å². The Kier molecular flexibility index (Phi) is 6.75. The molecule has 0 saturated carbocycles. The van der Waals surface area contributed by atoms with Gasteiger partial charge < -0.3 is 15.0 Å². The fourth-order valence-corrected chi connectivity index (χ4v) is 4.22. The van der Waals surface area contributed by atoms with E-state index in [0.717, 1.165) is 21.9 Å². The molecule has 0 spiro atoms. The summed E-state index contributed by atoms with van der Waals surface area (Å²) in [5.41, 5.74) is 2.32. The van der Waals surface area contributed by atoms with Crippen LogP contribution in [0.2, 0.25) is 0 Å². The third kappa shape index (κ3) is 4.61. The van der Waals surface area contributed by atoms with Crippen molar-refractivity contribution >= 4 is 34.2 Å². The van der Waals surface area contributed by atoms with E-state index in [0.29, 0.717) is 18.1 Å². The van der Waals surface area contributed by atoms with E-state index in [2.05, 4.69) is 10.3 Å². The molecule has 2 amide bonds. The highest BCUT2D eigenvalue weighted by Gasteiger charge is 2.29. The number of nitrogens with zero attached hydrogens (tertiary/aromatic N) is 2. The molecule has 0 fully saturated rings. The van der Waals surface area contributed by atoms with Crippen LogP contribution in [0.3, 0.4) is 0 Å². The van der Waals surface area contributed by atoms with Crippen molar-refractivity contribution in [1.29, 1.82) is 0 Å². The van der Waals surface area contributed by atoms with Crippen molar-refractivity contribution in [2.75, 3.05) is 13.7 Å². The van der Waals surface area contributed by atoms with Crippen molar-refractivity contribution in [2.24, 2.45) is 0 Å². The summed E-state index contributed by atoms with van der Waals surface area (Å²) in [6, 6.07) is 17.0. The lowest BCUT2D eigenvalue weighted by atomic mass is 9.94. The molecule has 1 aliphatic carbocycles. The molecule has 6 nitrogen and oxygen atoms in total. The van der Waals surface area contributed by atoms with Gasteiger partial charge in [-0.15, -0.1) is 11.6 Å². The highest BCUT2D eigenvalue weighted by molar-refractivity contribution is 6.34. The largest absolute Gasteiger partial charge is 0.481 e. The minimum absolute atomic E-state index is 0.208. The lowest BCUT2D eigenvalue weighted by Crippen LogP contribution is -2.42. The molecule has 1 aromatic heterocycles. The zero-order valence-corrected chi connectivity index (χ0v) is 19.1. The lowest BCUT2D eigenvalue weighted by Gasteiger charge is -2.32. The number of urea groups is 1. The highest BCUT2D eigenvalue weighted by Crippen LogP contribution is 2.36. The van der Waals surface area contributed by atoms with Gasteiger partial charge in [0.1, 0.15) is 5.38 Å². The minimum atomic E-state index is -0.792. The van der Waals surface area contributed by atoms with E-state index in [1.807, 2.05) is 61.5 Å². The first-order chi connectivity index (χ1) is 16.0. The van der Waals surface area contributed by atoms with Crippen LogP contribution in [0.25, 0.3) is 10.8 Å². The summed E-state index contributed by atoms with van der Waals surface area (Å²) in [5.74, 6) is 0.323. The number of carbonyl (C=O) groups is 2. The van der Waals surface area contributed by atoms with E-state index < -0.39 is 11.4 Å². The maximum Gasteiger partial charge on any atom is 0.322 e. The van der Waals surface area contributed by atoms with Crippen LogP contribution in [-0.2, 0) is 4.79 Å². The van der Waals surface area contributed by atoms with Crippen molar-refractivity contribution in [1.82, 2.24) is 15.2 Å². The van der Waals surface area contributed by atoms with E-state index in [-0.39, 0.29) is 11.8 Å². The Labute approximate surface area is 197 Å². The van der Waals surface area contributed by atoms with Gasteiger partial charge in [-0.1, -0.05) is 48.5 Å². The topological polar surface area (TPSA) is 71.5 Å². The standard InChI is InChI=1S/C26H24ClN3O3/c1-3-30(26(32)29-18-13-14-23(31)22(27)15-18)24(17-9-5-4-6-10-17)21-16-28-25(33-2)20-12-8-7-11-19(20)21/h4-16,22,24H,3H2,1-2H3,(H,29,32). The Morgan fingerprint density at radius 1 is 1.12 bits per heavy atom. The number of allylic oxidation sites excluding steroid dienone is 3. The van der Waals surface area contributed by atoms with Gasteiger partial charge in [0.2, 0.25) is 5.88 Å². The number of carbonyl (C=O) groups excluding carboxylic acids is 2. The zero-order valence-electron chi connectivity index (χ0n) is 18.4. The highest BCUT2D eigenvalue weighted by atomic mass is 35.5. The second-order valence-electron chi connectivity index (χ2n) is 7.56. The molecule has 0 aliphatic heterocycles. The molecule has 0 saturated heterocycles. The number of ketones is 1. The van der Waals surface area contributed by atoms with Crippen LogP contribution < -0.4 is 10.1 Å². The van der Waals surface area contributed by atoms with Gasteiger partial charge in [0.25, 0.3) is 0 Å². The molecular weight excluding hydrogens is 438 g/mol. The van der Waals surface area contributed by atoms with Crippen LogP contribution in [0.4, 0.5) is 4.79 Å². The number of hydrogen-bond acceptors (Lipinski definition) is 4. The Balaban J connectivity index is 1.79. The van der Waals surface area contributed by atoms with E-state index in [1.165, 1.54) is 12.2 Å². The number of hydrogen-bond donors (Lipinski definition) is 1. The lowest BCUT2D eigenvalue weighted by molar-refractivity contribution is -0.113. The number of ether oxygens (including phenoxy) is 1. The summed E-state index contributed by atoms with van der Waals surface area (Å²) in [5, 5.41) is 3.92. The number of amides is 2. The van der Waals surface area contributed by atoms with Crippen molar-refractivity contribution in [3.8, 4) is 5.88 Å². The number of fused-ring (bicyclic) bond motifs is 1. The molecule has 0 radical (unpaired) electrons. The van der Waals surface area contributed by atoms with E-state index in [4.69, 9.17) is 16.3 Å². The first-order valence-corrected chi connectivity index (χ1v) is 11.1. The van der Waals surface area contributed by atoms with Gasteiger partial charge in [0, 0.05) is 29.4 Å². The molecule has 4 rings (SSSR count). The Hall–Kier alpha value is -3.64. The molecule has 3 aromatic rings. The van der Waals surface area contributed by atoms with Crippen molar-refractivity contribution in [2.45, 2.75) is 18.3 Å². The number of benzene rings is 2. The van der Waals surface area contributed by atoms with Gasteiger partial charge in [-0.25, -0.2) is 9.78 Å². The van der Waals surface area contributed by atoms with E-state index in [9.17, 15) is 9.59 Å². The number of methoxy groups -OCH3 is 1. The summed E-state index contributed by atoms with van der Waals surface area (Å²) in [6.07, 6.45) is 6.24. The summed E-state index contributed by atoms with van der Waals surface area (Å²) in [7, 11) is 1.59. The molecule has 33 heavy (non-hydrogen) atoms. The summed E-state index contributed by atoms with van der Waals surface area (Å²) in [6.45, 7) is 2.36. The van der Waals surface area contributed by atoms with Crippen molar-refractivity contribution < 1.29 is 14.3 Å². The average Bonchev–Trinajstić information content (AvgIpc) is 2.84. The first-order valence-electron chi connectivity index (χ1n) is 10.7. The Morgan fingerprint density at radius 3 is 2.48 bits per heavy atom. The SMILES string of the molecule is CCN(C(=O)NC1=CC(Cl)C(=O)C=C1)C(c1ccccc1)c1cnc(OC)c2ccccc12. The molecule has 1 aliphatic rings. The molecule has 2 unspecified atom stereocenters. The van der Waals surface area contributed by atoms with Gasteiger partial charge >= 0.3 is 6.03 Å². The van der Waals surface area contributed by atoms with Crippen molar-refractivity contribution in [3.05, 3.63) is 95.8 Å². The maximum absolute atomic E-state index is 13.4. The summed E-state index contributed by atoms with van der Waals surface area (Å²) in [4.78, 5) is 31.4. The number of alkyl halides is 1. The minimum Gasteiger partial charge on any atom is -0.481 e. The van der Waals surface area contributed by atoms with Crippen LogP contribution in [0.5, 0.6) is 5.88 Å². The van der Waals surface area contributed by atoms with Crippen LogP contribution >= 0.6 is 11.6 Å². The Bertz CT molecular complexity index is 1240. The molecule has 0 bridgehead atoms. The second kappa shape index (κ2) is 9.88. The molecule has 1 N–H and O–H groups in total. The predicted molar refractivity (Wildman–Crippen MR) is 129 cm³/mol. The molecule has 1 heterocycles. The van der Waals surface area contributed by atoms with Gasteiger partial charge in [0.05, 0.1) is 13.2 Å². The summed E-state index contributed by atoms with van der Waals surface area (Å²) >= 11 is 6.04. The number of halogens is 1. The smallest absolute Gasteiger partial charge is 0.322 e. The number of pyridine rings is 1. The first kappa shape index (κ1) is 22.6. The molecule has 2 atom stereocenters. The second-order valence-corrected chi connectivity index (χ2v) is 8.03. The monoisotopic (exact) mass is 461 g/mol. The fourth-order valence-electron chi connectivity index (χ4n) is 4.01. The van der Waals surface area contributed by atoms with Gasteiger partial charge in [-0.05, 0) is 42.2 Å². The van der Waals surface area contributed by atoms with Crippen LogP contribution in [0, 0.1) is 0 Å². The number of nitrogens with one attached hydrogen (secondary N) is 1.